The van der Waals surface area contributed by atoms with Gasteiger partial charge in [0.05, 0.1) is 11.4 Å². The molecule has 0 saturated heterocycles. The van der Waals surface area contributed by atoms with E-state index in [9.17, 15) is 5.11 Å². The Morgan fingerprint density at radius 3 is 2.41 bits per heavy atom. The lowest BCUT2D eigenvalue weighted by molar-refractivity contribution is -0.703. The van der Waals surface area contributed by atoms with Gasteiger partial charge in [0.15, 0.2) is 6.04 Å². The van der Waals surface area contributed by atoms with E-state index in [1.54, 1.807) is 7.11 Å². The molecule has 8 rings (SSSR count). The molecule has 6 aromatic rings. The van der Waals surface area contributed by atoms with Crippen molar-refractivity contribution >= 4 is 43.5 Å². The Balaban J connectivity index is 1.60. The third kappa shape index (κ3) is 2.51. The van der Waals surface area contributed by atoms with Gasteiger partial charge in [0.25, 0.3) is 12.0 Å². The summed E-state index contributed by atoms with van der Waals surface area (Å²) in [4.78, 5) is 4.96. The summed E-state index contributed by atoms with van der Waals surface area (Å²) in [5.41, 5.74) is 6.87. The summed E-state index contributed by atoms with van der Waals surface area (Å²) in [5.74, 6) is -1.03. The highest BCUT2D eigenvalue weighted by Gasteiger charge is 2.73. The van der Waals surface area contributed by atoms with Crippen LogP contribution in [0.25, 0.3) is 54.7 Å². The van der Waals surface area contributed by atoms with E-state index in [1.165, 1.54) is 43.6 Å². The second-order valence-electron chi connectivity index (χ2n) is 11.0. The monoisotopic (exact) mass is 486 g/mol. The number of aromatic nitrogens is 3. The van der Waals surface area contributed by atoms with E-state index < -0.39 is 5.79 Å². The van der Waals surface area contributed by atoms with Gasteiger partial charge < -0.3 is 14.4 Å². The SMILES string of the molecule is COC1(O)C2c3cc(C(C)C)c4ccccc4c3-c3c4c5cc6ccccc6cc5n(C)c4nc[n+]3C21. The Hall–Kier alpha value is -3.80. The lowest BCUT2D eigenvalue weighted by atomic mass is 9.84. The number of benzene rings is 4. The highest BCUT2D eigenvalue weighted by molar-refractivity contribution is 6.18. The fourth-order valence-electron chi connectivity index (χ4n) is 7.01. The van der Waals surface area contributed by atoms with Gasteiger partial charge in [-0.25, -0.2) is 4.57 Å². The van der Waals surface area contributed by atoms with Crippen LogP contribution in [0.2, 0.25) is 0 Å². The summed E-state index contributed by atoms with van der Waals surface area (Å²) >= 11 is 0. The standard InChI is InChI=1S/C32H28N3O2/c1-17(2)22-15-24-26(21-12-8-7-11-20(21)22)29-27-23-13-18-9-5-6-10-19(18)14-25(23)34(3)31(27)33-16-35(29)30-28(24)32(30,36)37-4/h5-17,28,30,36H,1-4H3/q+1. The summed E-state index contributed by atoms with van der Waals surface area (Å²) in [6.07, 6.45) is 1.90. The third-order valence-electron chi connectivity index (χ3n) is 8.84. The first-order chi connectivity index (χ1) is 17.9. The van der Waals surface area contributed by atoms with Crippen LogP contribution in [-0.4, -0.2) is 27.6 Å². The maximum Gasteiger partial charge on any atom is 0.289 e. The number of aryl methyl sites for hydroxylation is 1. The highest BCUT2D eigenvalue weighted by Crippen LogP contribution is 2.64. The number of rotatable bonds is 2. The van der Waals surface area contributed by atoms with E-state index in [1.807, 2.05) is 6.33 Å². The van der Waals surface area contributed by atoms with Crippen molar-refractivity contribution in [2.24, 2.45) is 7.05 Å². The first-order valence-corrected chi connectivity index (χ1v) is 13.0. The number of hydrogen-bond acceptors (Lipinski definition) is 3. The minimum absolute atomic E-state index is 0.137. The van der Waals surface area contributed by atoms with E-state index in [2.05, 4.69) is 96.8 Å². The zero-order chi connectivity index (χ0) is 25.2. The van der Waals surface area contributed by atoms with Gasteiger partial charge in [-0.05, 0) is 55.7 Å². The number of methoxy groups -OCH3 is 1. The first-order valence-electron chi connectivity index (χ1n) is 13.0. The first kappa shape index (κ1) is 21.3. The number of nitrogens with zero attached hydrogens (tertiary/aromatic N) is 3. The molecule has 0 amide bonds. The Morgan fingerprint density at radius 2 is 1.68 bits per heavy atom. The second kappa shape index (κ2) is 6.94. The van der Waals surface area contributed by atoms with E-state index in [4.69, 9.17) is 9.72 Å². The molecule has 1 N–H and O–H groups in total. The molecule has 37 heavy (non-hydrogen) atoms. The van der Waals surface area contributed by atoms with Gasteiger partial charge in [0.1, 0.15) is 11.1 Å². The van der Waals surface area contributed by atoms with Gasteiger partial charge in [-0.15, -0.1) is 0 Å². The predicted octanol–water partition coefficient (Wildman–Crippen LogP) is 6.10. The molecule has 3 unspecified atom stereocenters. The van der Waals surface area contributed by atoms with Crippen LogP contribution in [-0.2, 0) is 11.8 Å². The van der Waals surface area contributed by atoms with Gasteiger partial charge >= 0.3 is 0 Å². The molecule has 2 aliphatic rings. The maximum atomic E-state index is 11.6. The maximum absolute atomic E-state index is 11.6. The average Bonchev–Trinajstić information content (AvgIpc) is 3.46. The quantitative estimate of drug-likeness (QED) is 0.238. The van der Waals surface area contributed by atoms with Crippen molar-refractivity contribution < 1.29 is 14.4 Å². The van der Waals surface area contributed by atoms with Gasteiger partial charge in [-0.1, -0.05) is 68.4 Å². The summed E-state index contributed by atoms with van der Waals surface area (Å²) in [6, 6.07) is 23.9. The Morgan fingerprint density at radius 1 is 0.973 bits per heavy atom. The summed E-state index contributed by atoms with van der Waals surface area (Å²) < 4.78 is 10.2. The van der Waals surface area contributed by atoms with Crippen LogP contribution < -0.4 is 4.57 Å². The molecule has 5 nitrogen and oxygen atoms in total. The number of fused-ring (bicyclic) bond motifs is 13. The molecule has 0 spiro atoms. The zero-order valence-corrected chi connectivity index (χ0v) is 21.4. The summed E-state index contributed by atoms with van der Waals surface area (Å²) in [7, 11) is 3.71. The molecule has 4 aromatic carbocycles. The van der Waals surface area contributed by atoms with Crippen LogP contribution in [0.5, 0.6) is 0 Å². The van der Waals surface area contributed by atoms with E-state index in [0.29, 0.717) is 5.92 Å². The van der Waals surface area contributed by atoms with Crippen molar-refractivity contribution in [2.75, 3.05) is 7.11 Å². The van der Waals surface area contributed by atoms with E-state index in [-0.39, 0.29) is 12.0 Å². The van der Waals surface area contributed by atoms with Crippen molar-refractivity contribution in [3.8, 4) is 11.3 Å². The Kier molecular flexibility index (Phi) is 4.00. The van der Waals surface area contributed by atoms with Gasteiger partial charge in [0.2, 0.25) is 5.79 Å². The van der Waals surface area contributed by atoms with Crippen molar-refractivity contribution in [3.63, 3.8) is 0 Å². The van der Waals surface area contributed by atoms with Gasteiger partial charge in [-0.2, -0.15) is 0 Å². The molecular weight excluding hydrogens is 458 g/mol. The molecule has 1 fully saturated rings. The highest BCUT2D eigenvalue weighted by atomic mass is 16.6. The minimum Gasteiger partial charge on any atom is -0.362 e. The molecule has 182 valence electrons. The van der Waals surface area contributed by atoms with Crippen LogP contribution in [0.4, 0.5) is 0 Å². The lowest BCUT2D eigenvalue weighted by Gasteiger charge is -2.21. The fourth-order valence-corrected chi connectivity index (χ4v) is 7.01. The van der Waals surface area contributed by atoms with E-state index >= 15 is 0 Å². The molecule has 1 saturated carbocycles. The minimum atomic E-state index is -1.26. The normalized spacial score (nSPS) is 22.1. The molecule has 2 aromatic heterocycles. The predicted molar refractivity (Wildman–Crippen MR) is 147 cm³/mol. The molecular formula is C32H28N3O2+. The molecule has 1 aliphatic heterocycles. The number of aliphatic hydroxyl groups is 1. The van der Waals surface area contributed by atoms with Crippen LogP contribution in [0.3, 0.4) is 0 Å². The molecule has 3 atom stereocenters. The molecule has 3 heterocycles. The van der Waals surface area contributed by atoms with Crippen molar-refractivity contribution in [1.29, 1.82) is 0 Å². The van der Waals surface area contributed by atoms with Gasteiger partial charge in [0, 0.05) is 25.1 Å². The Labute approximate surface area is 214 Å². The molecule has 0 radical (unpaired) electrons. The van der Waals surface area contributed by atoms with Crippen LogP contribution >= 0.6 is 0 Å². The second-order valence-corrected chi connectivity index (χ2v) is 11.0. The average molecular weight is 487 g/mol. The fraction of sp³-hybridized carbons (Fsp3) is 0.250. The van der Waals surface area contributed by atoms with Crippen molar-refractivity contribution in [3.05, 3.63) is 84.2 Å². The smallest absolute Gasteiger partial charge is 0.289 e. The topological polar surface area (TPSA) is 51.2 Å². The largest absolute Gasteiger partial charge is 0.362 e. The summed E-state index contributed by atoms with van der Waals surface area (Å²) in [5, 5.41) is 18.8. The molecule has 0 bridgehead atoms. The number of ether oxygens (including phenoxy) is 1. The third-order valence-corrected chi connectivity index (χ3v) is 8.84. The van der Waals surface area contributed by atoms with Crippen LogP contribution in [0.1, 0.15) is 42.9 Å². The van der Waals surface area contributed by atoms with Crippen LogP contribution in [0.15, 0.2) is 73.1 Å². The van der Waals surface area contributed by atoms with Crippen LogP contribution in [0, 0.1) is 0 Å². The van der Waals surface area contributed by atoms with Crippen molar-refractivity contribution in [1.82, 2.24) is 9.55 Å². The lowest BCUT2D eigenvalue weighted by Crippen LogP contribution is -2.41. The van der Waals surface area contributed by atoms with Gasteiger partial charge in [-0.3, -0.25) is 0 Å². The summed E-state index contributed by atoms with van der Waals surface area (Å²) in [6.45, 7) is 4.48. The number of hydrogen-bond donors (Lipinski definition) is 1. The molecule has 5 heteroatoms. The van der Waals surface area contributed by atoms with E-state index in [0.717, 1.165) is 22.2 Å². The van der Waals surface area contributed by atoms with Crippen molar-refractivity contribution in [2.45, 2.75) is 37.5 Å². The Bertz CT molecular complexity index is 1950. The molecule has 1 aliphatic carbocycles. The zero-order valence-electron chi connectivity index (χ0n) is 21.4.